The number of ether oxygens (including phenoxy) is 1. The molecular formula is C24H26N4O4. The second-order valence-electron chi connectivity index (χ2n) is 7.82. The SMILES string of the molecule is COc1cccc(N2C[C@@H](C(=O)NCCNC(=O)c3cn(C)c4ccccc34)CC2=O)c1. The van der Waals surface area contributed by atoms with Crippen molar-refractivity contribution in [3.8, 4) is 5.75 Å². The van der Waals surface area contributed by atoms with E-state index in [4.69, 9.17) is 4.74 Å². The van der Waals surface area contributed by atoms with Gasteiger partial charge in [-0.1, -0.05) is 24.3 Å². The van der Waals surface area contributed by atoms with E-state index < -0.39 is 5.92 Å². The molecule has 3 aromatic rings. The summed E-state index contributed by atoms with van der Waals surface area (Å²) in [5.74, 6) is -0.241. The second kappa shape index (κ2) is 9.13. The summed E-state index contributed by atoms with van der Waals surface area (Å²) in [5.41, 5.74) is 2.30. The van der Waals surface area contributed by atoms with Gasteiger partial charge in [-0.2, -0.15) is 0 Å². The van der Waals surface area contributed by atoms with Crippen LogP contribution < -0.4 is 20.3 Å². The summed E-state index contributed by atoms with van der Waals surface area (Å²) in [5, 5.41) is 6.56. The normalized spacial score (nSPS) is 15.8. The van der Waals surface area contributed by atoms with Gasteiger partial charge in [-0.15, -0.1) is 0 Å². The van der Waals surface area contributed by atoms with Crippen LogP contribution in [0, 0.1) is 5.92 Å². The van der Waals surface area contributed by atoms with E-state index in [1.54, 1.807) is 30.3 Å². The monoisotopic (exact) mass is 434 g/mol. The number of benzene rings is 2. The van der Waals surface area contributed by atoms with Gasteiger partial charge in [-0.3, -0.25) is 14.4 Å². The van der Waals surface area contributed by atoms with E-state index in [1.807, 2.05) is 48.0 Å². The molecule has 32 heavy (non-hydrogen) atoms. The predicted octanol–water partition coefficient (Wildman–Crippen LogP) is 2.09. The molecule has 3 amide bonds. The number of fused-ring (bicyclic) bond motifs is 1. The number of aromatic nitrogens is 1. The molecule has 0 aliphatic carbocycles. The first-order chi connectivity index (χ1) is 15.5. The van der Waals surface area contributed by atoms with Gasteiger partial charge in [0.1, 0.15) is 5.75 Å². The molecule has 1 aliphatic rings. The van der Waals surface area contributed by atoms with Gasteiger partial charge in [0.15, 0.2) is 0 Å². The maximum atomic E-state index is 12.6. The zero-order chi connectivity index (χ0) is 22.7. The van der Waals surface area contributed by atoms with Crippen LogP contribution in [0.15, 0.2) is 54.7 Å². The zero-order valence-electron chi connectivity index (χ0n) is 18.1. The molecule has 2 heterocycles. The Balaban J connectivity index is 1.28. The lowest BCUT2D eigenvalue weighted by molar-refractivity contribution is -0.126. The molecule has 0 radical (unpaired) electrons. The molecule has 0 saturated carbocycles. The van der Waals surface area contributed by atoms with E-state index in [-0.39, 0.29) is 24.1 Å². The summed E-state index contributed by atoms with van der Waals surface area (Å²) < 4.78 is 7.13. The van der Waals surface area contributed by atoms with Crippen molar-refractivity contribution in [3.05, 3.63) is 60.3 Å². The highest BCUT2D eigenvalue weighted by atomic mass is 16.5. The van der Waals surface area contributed by atoms with Gasteiger partial charge in [0.2, 0.25) is 11.8 Å². The number of aryl methyl sites for hydroxylation is 1. The molecule has 0 bridgehead atoms. The molecule has 1 aliphatic heterocycles. The van der Waals surface area contributed by atoms with E-state index in [9.17, 15) is 14.4 Å². The van der Waals surface area contributed by atoms with Gasteiger partial charge < -0.3 is 24.8 Å². The average Bonchev–Trinajstić information content (AvgIpc) is 3.37. The number of hydrogen-bond donors (Lipinski definition) is 2. The van der Waals surface area contributed by atoms with Crippen LogP contribution in [0.4, 0.5) is 5.69 Å². The maximum absolute atomic E-state index is 12.6. The van der Waals surface area contributed by atoms with E-state index >= 15 is 0 Å². The number of rotatable bonds is 7. The van der Waals surface area contributed by atoms with E-state index in [0.717, 1.165) is 10.9 Å². The molecule has 1 fully saturated rings. The van der Waals surface area contributed by atoms with Crippen LogP contribution in [0.3, 0.4) is 0 Å². The van der Waals surface area contributed by atoms with Crippen molar-refractivity contribution < 1.29 is 19.1 Å². The third-order valence-electron chi connectivity index (χ3n) is 5.71. The molecule has 0 spiro atoms. The molecule has 166 valence electrons. The molecular weight excluding hydrogens is 408 g/mol. The van der Waals surface area contributed by atoms with Crippen molar-refractivity contribution in [1.29, 1.82) is 0 Å². The summed E-state index contributed by atoms with van der Waals surface area (Å²) >= 11 is 0. The van der Waals surface area contributed by atoms with Gasteiger partial charge in [0.25, 0.3) is 5.91 Å². The fourth-order valence-corrected chi connectivity index (χ4v) is 4.04. The maximum Gasteiger partial charge on any atom is 0.253 e. The van der Waals surface area contributed by atoms with Crippen LogP contribution in [0.25, 0.3) is 10.9 Å². The Bertz CT molecular complexity index is 1170. The van der Waals surface area contributed by atoms with E-state index in [0.29, 0.717) is 36.6 Å². The lowest BCUT2D eigenvalue weighted by Crippen LogP contribution is -2.38. The van der Waals surface area contributed by atoms with Gasteiger partial charge in [-0.25, -0.2) is 0 Å². The highest BCUT2D eigenvalue weighted by Crippen LogP contribution is 2.28. The van der Waals surface area contributed by atoms with Crippen molar-refractivity contribution in [3.63, 3.8) is 0 Å². The molecule has 1 saturated heterocycles. The number of anilines is 1. The summed E-state index contributed by atoms with van der Waals surface area (Å²) in [6, 6.07) is 14.9. The Morgan fingerprint density at radius 3 is 2.69 bits per heavy atom. The van der Waals surface area contributed by atoms with Crippen LogP contribution in [0.1, 0.15) is 16.8 Å². The van der Waals surface area contributed by atoms with Crippen LogP contribution in [0.5, 0.6) is 5.75 Å². The van der Waals surface area contributed by atoms with Crippen molar-refractivity contribution in [2.45, 2.75) is 6.42 Å². The average molecular weight is 434 g/mol. The van der Waals surface area contributed by atoms with E-state index in [2.05, 4.69) is 10.6 Å². The third kappa shape index (κ3) is 4.30. The number of nitrogens with one attached hydrogen (secondary N) is 2. The highest BCUT2D eigenvalue weighted by Gasteiger charge is 2.35. The first-order valence-electron chi connectivity index (χ1n) is 10.5. The van der Waals surface area contributed by atoms with Gasteiger partial charge in [0, 0.05) is 62.0 Å². The largest absolute Gasteiger partial charge is 0.497 e. The number of nitrogens with zero attached hydrogens (tertiary/aromatic N) is 2. The molecule has 1 atom stereocenters. The number of methoxy groups -OCH3 is 1. The topological polar surface area (TPSA) is 92.7 Å². The Morgan fingerprint density at radius 2 is 1.88 bits per heavy atom. The van der Waals surface area contributed by atoms with Crippen LogP contribution >= 0.6 is 0 Å². The highest BCUT2D eigenvalue weighted by molar-refractivity contribution is 6.07. The molecule has 2 aromatic carbocycles. The fraction of sp³-hybridized carbons (Fsp3) is 0.292. The standard InChI is InChI=1S/C24H26N4O4/c1-27-15-20(19-8-3-4-9-21(19)27)24(31)26-11-10-25-23(30)16-12-22(29)28(14-16)17-6-5-7-18(13-17)32-2/h3-9,13,15-16H,10-12,14H2,1-2H3,(H,25,30)(H,26,31)/t16-/m0/s1. The van der Waals surface area contributed by atoms with Crippen LogP contribution in [0.2, 0.25) is 0 Å². The third-order valence-corrected chi connectivity index (χ3v) is 5.71. The summed E-state index contributed by atoms with van der Waals surface area (Å²) in [6.07, 6.45) is 1.96. The van der Waals surface area contributed by atoms with Crippen LogP contribution in [-0.2, 0) is 16.6 Å². The molecule has 8 nitrogen and oxygen atoms in total. The fourth-order valence-electron chi connectivity index (χ4n) is 4.04. The number of amides is 3. The zero-order valence-corrected chi connectivity index (χ0v) is 18.1. The molecule has 4 rings (SSSR count). The summed E-state index contributed by atoms with van der Waals surface area (Å²) in [6.45, 7) is 0.910. The minimum atomic E-state index is -0.428. The Kier molecular flexibility index (Phi) is 6.11. The Hall–Kier alpha value is -3.81. The minimum absolute atomic E-state index is 0.0948. The van der Waals surface area contributed by atoms with Crippen molar-refractivity contribution >= 4 is 34.3 Å². The van der Waals surface area contributed by atoms with E-state index in [1.165, 1.54) is 0 Å². The second-order valence-corrected chi connectivity index (χ2v) is 7.82. The van der Waals surface area contributed by atoms with Gasteiger partial charge >= 0.3 is 0 Å². The molecule has 8 heteroatoms. The van der Waals surface area contributed by atoms with Gasteiger partial charge in [0.05, 0.1) is 18.6 Å². The molecule has 0 unspecified atom stereocenters. The number of hydrogen-bond acceptors (Lipinski definition) is 4. The Labute approximate surface area is 186 Å². The van der Waals surface area contributed by atoms with Crippen LogP contribution in [-0.4, -0.2) is 49.0 Å². The predicted molar refractivity (Wildman–Crippen MR) is 122 cm³/mol. The lowest BCUT2D eigenvalue weighted by atomic mass is 10.1. The minimum Gasteiger partial charge on any atom is -0.497 e. The first kappa shape index (κ1) is 21.4. The number of para-hydroxylation sites is 1. The smallest absolute Gasteiger partial charge is 0.253 e. The number of carbonyl (C=O) groups excluding carboxylic acids is 3. The Morgan fingerprint density at radius 1 is 1.09 bits per heavy atom. The van der Waals surface area contributed by atoms with Crippen molar-refractivity contribution in [1.82, 2.24) is 15.2 Å². The lowest BCUT2D eigenvalue weighted by Gasteiger charge is -2.17. The van der Waals surface area contributed by atoms with Crippen molar-refractivity contribution in [2.75, 3.05) is 31.6 Å². The molecule has 1 aromatic heterocycles. The summed E-state index contributed by atoms with van der Waals surface area (Å²) in [7, 11) is 3.47. The van der Waals surface area contributed by atoms with Gasteiger partial charge in [-0.05, 0) is 18.2 Å². The first-order valence-corrected chi connectivity index (χ1v) is 10.5. The quantitative estimate of drug-likeness (QED) is 0.557. The van der Waals surface area contributed by atoms with Crippen molar-refractivity contribution in [2.24, 2.45) is 13.0 Å². The summed E-state index contributed by atoms with van der Waals surface area (Å²) in [4.78, 5) is 39.1. The number of carbonyl (C=O) groups is 3. The molecule has 2 N–H and O–H groups in total.